The maximum absolute atomic E-state index is 12.1. The Morgan fingerprint density at radius 1 is 1.00 bits per heavy atom. The van der Waals surface area contributed by atoms with Gasteiger partial charge in [-0.15, -0.1) is 0 Å². The Morgan fingerprint density at radius 2 is 1.70 bits per heavy atom. The molecule has 2 aromatic carbocycles. The number of nitrogens with one attached hydrogen (secondary N) is 1. The van der Waals surface area contributed by atoms with Crippen molar-refractivity contribution in [2.24, 2.45) is 0 Å². The molecular weight excluding hydrogens is 381 g/mol. The highest BCUT2D eigenvalue weighted by atomic mass is 35.5. The van der Waals surface area contributed by atoms with Crippen molar-refractivity contribution in [3.8, 4) is 5.75 Å². The molecular formula is C15H14Cl3NO3S. The summed E-state index contributed by atoms with van der Waals surface area (Å²) in [6.07, 6.45) is 0. The molecule has 23 heavy (non-hydrogen) atoms. The molecule has 0 bridgehead atoms. The zero-order valence-electron chi connectivity index (χ0n) is 12.1. The molecule has 0 aliphatic rings. The van der Waals surface area contributed by atoms with Gasteiger partial charge in [0.2, 0.25) is 10.0 Å². The summed E-state index contributed by atoms with van der Waals surface area (Å²) in [5.41, 5.74) is 0.889. The number of benzene rings is 2. The van der Waals surface area contributed by atoms with Crippen LogP contribution in [0.1, 0.15) is 5.56 Å². The van der Waals surface area contributed by atoms with E-state index in [0.29, 0.717) is 15.8 Å². The summed E-state index contributed by atoms with van der Waals surface area (Å²) in [7, 11) is -3.66. The van der Waals surface area contributed by atoms with Gasteiger partial charge in [-0.1, -0.05) is 34.8 Å². The number of hydrogen-bond acceptors (Lipinski definition) is 3. The van der Waals surface area contributed by atoms with Crippen LogP contribution in [-0.2, 0) is 10.0 Å². The van der Waals surface area contributed by atoms with Gasteiger partial charge in [-0.05, 0) is 48.9 Å². The van der Waals surface area contributed by atoms with Crippen molar-refractivity contribution in [2.75, 3.05) is 13.2 Å². The molecule has 0 aromatic heterocycles. The largest absolute Gasteiger partial charge is 0.492 e. The molecule has 0 saturated carbocycles. The summed E-state index contributed by atoms with van der Waals surface area (Å²) >= 11 is 17.5. The third kappa shape index (κ3) is 4.99. The minimum Gasteiger partial charge on any atom is -0.492 e. The van der Waals surface area contributed by atoms with Gasteiger partial charge in [0.1, 0.15) is 12.4 Å². The van der Waals surface area contributed by atoms with E-state index in [-0.39, 0.29) is 23.1 Å². The lowest BCUT2D eigenvalue weighted by Gasteiger charge is -2.10. The summed E-state index contributed by atoms with van der Waals surface area (Å²) in [6, 6.07) is 9.37. The number of rotatable bonds is 6. The molecule has 0 radical (unpaired) electrons. The molecule has 0 aliphatic heterocycles. The van der Waals surface area contributed by atoms with Crippen LogP contribution >= 0.6 is 34.8 Å². The van der Waals surface area contributed by atoms with E-state index in [9.17, 15) is 8.42 Å². The van der Waals surface area contributed by atoms with Gasteiger partial charge in [-0.25, -0.2) is 13.1 Å². The number of hydrogen-bond donors (Lipinski definition) is 1. The minimum atomic E-state index is -3.66. The molecule has 0 aliphatic carbocycles. The zero-order valence-corrected chi connectivity index (χ0v) is 15.2. The van der Waals surface area contributed by atoms with E-state index < -0.39 is 10.0 Å². The Bertz CT molecular complexity index is 810. The highest BCUT2D eigenvalue weighted by Crippen LogP contribution is 2.24. The molecule has 0 atom stereocenters. The van der Waals surface area contributed by atoms with Crippen LogP contribution in [0, 0.1) is 6.92 Å². The van der Waals surface area contributed by atoms with Crippen LogP contribution in [0.15, 0.2) is 41.3 Å². The van der Waals surface area contributed by atoms with Gasteiger partial charge in [0.15, 0.2) is 0 Å². The molecule has 0 unspecified atom stereocenters. The fraction of sp³-hybridized carbons (Fsp3) is 0.200. The minimum absolute atomic E-state index is 0.0502. The summed E-state index contributed by atoms with van der Waals surface area (Å²) in [5.74, 6) is 0.626. The van der Waals surface area contributed by atoms with Gasteiger partial charge in [0.05, 0.1) is 14.9 Å². The summed E-state index contributed by atoms with van der Waals surface area (Å²) in [5, 5.41) is 1.13. The van der Waals surface area contributed by atoms with Gasteiger partial charge in [0, 0.05) is 11.6 Å². The van der Waals surface area contributed by atoms with Crippen LogP contribution in [0.25, 0.3) is 0 Å². The lowest BCUT2D eigenvalue weighted by molar-refractivity contribution is 0.322. The smallest absolute Gasteiger partial charge is 0.240 e. The Hall–Kier alpha value is -0.980. The summed E-state index contributed by atoms with van der Waals surface area (Å²) < 4.78 is 32.2. The first kappa shape index (κ1) is 18.4. The van der Waals surface area contributed by atoms with Gasteiger partial charge in [-0.2, -0.15) is 0 Å². The maximum atomic E-state index is 12.1. The third-order valence-electron chi connectivity index (χ3n) is 2.99. The number of halogens is 3. The van der Waals surface area contributed by atoms with E-state index in [0.717, 1.165) is 5.56 Å². The number of ether oxygens (including phenoxy) is 1. The molecule has 0 saturated heterocycles. The third-order valence-corrected chi connectivity index (χ3v) is 5.62. The molecule has 4 nitrogen and oxygen atoms in total. The molecule has 0 amide bonds. The zero-order chi connectivity index (χ0) is 17.0. The van der Waals surface area contributed by atoms with E-state index in [1.165, 1.54) is 18.2 Å². The fourth-order valence-corrected chi connectivity index (χ4v) is 3.30. The Kier molecular flexibility index (Phi) is 6.17. The van der Waals surface area contributed by atoms with Crippen LogP contribution < -0.4 is 9.46 Å². The SMILES string of the molecule is Cc1cc(OCCNS(=O)(=O)c2ccc(Cl)c(Cl)c2)ccc1Cl. The van der Waals surface area contributed by atoms with Crippen molar-refractivity contribution in [3.63, 3.8) is 0 Å². The second kappa shape index (κ2) is 7.73. The van der Waals surface area contributed by atoms with Crippen molar-refractivity contribution in [2.45, 2.75) is 11.8 Å². The summed E-state index contributed by atoms with van der Waals surface area (Å²) in [6.45, 7) is 2.16. The highest BCUT2D eigenvalue weighted by molar-refractivity contribution is 7.89. The first-order valence-electron chi connectivity index (χ1n) is 6.63. The predicted octanol–water partition coefficient (Wildman–Crippen LogP) is 4.31. The molecule has 2 rings (SSSR count). The van der Waals surface area contributed by atoms with Crippen molar-refractivity contribution >= 4 is 44.8 Å². The van der Waals surface area contributed by atoms with Crippen LogP contribution in [0.4, 0.5) is 0 Å². The van der Waals surface area contributed by atoms with E-state index in [2.05, 4.69) is 4.72 Å². The maximum Gasteiger partial charge on any atom is 0.240 e. The van der Waals surface area contributed by atoms with Crippen LogP contribution in [0.5, 0.6) is 5.75 Å². The van der Waals surface area contributed by atoms with Crippen LogP contribution in [0.2, 0.25) is 15.1 Å². The van der Waals surface area contributed by atoms with E-state index in [1.807, 2.05) is 6.92 Å². The highest BCUT2D eigenvalue weighted by Gasteiger charge is 2.14. The molecule has 0 spiro atoms. The average molecular weight is 395 g/mol. The van der Waals surface area contributed by atoms with E-state index >= 15 is 0 Å². The average Bonchev–Trinajstić information content (AvgIpc) is 2.50. The van der Waals surface area contributed by atoms with E-state index in [1.54, 1.807) is 18.2 Å². The fourth-order valence-electron chi connectivity index (χ4n) is 1.78. The predicted molar refractivity (Wildman–Crippen MR) is 93.3 cm³/mol. The Morgan fingerprint density at radius 3 is 2.35 bits per heavy atom. The number of aryl methyl sites for hydroxylation is 1. The topological polar surface area (TPSA) is 55.4 Å². The van der Waals surface area contributed by atoms with Gasteiger partial charge in [-0.3, -0.25) is 0 Å². The van der Waals surface area contributed by atoms with Crippen molar-refractivity contribution in [1.29, 1.82) is 0 Å². The lowest BCUT2D eigenvalue weighted by Crippen LogP contribution is -2.28. The van der Waals surface area contributed by atoms with Gasteiger partial charge in [0.25, 0.3) is 0 Å². The number of sulfonamides is 1. The molecule has 8 heteroatoms. The normalized spacial score (nSPS) is 11.5. The molecule has 2 aromatic rings. The monoisotopic (exact) mass is 393 g/mol. The summed E-state index contributed by atoms with van der Waals surface area (Å²) in [4.78, 5) is 0.0502. The standard InChI is InChI=1S/C15H14Cl3NO3S/c1-10-8-11(2-4-13(10)16)22-7-6-19-23(20,21)12-3-5-14(17)15(18)9-12/h2-5,8-9,19H,6-7H2,1H3. The molecule has 1 N–H and O–H groups in total. The second-order valence-corrected chi connectivity index (χ2v) is 7.72. The first-order chi connectivity index (χ1) is 10.8. The van der Waals surface area contributed by atoms with Crippen LogP contribution in [0.3, 0.4) is 0 Å². The molecule has 0 fully saturated rings. The van der Waals surface area contributed by atoms with Crippen LogP contribution in [-0.4, -0.2) is 21.6 Å². The second-order valence-electron chi connectivity index (χ2n) is 4.73. The molecule has 124 valence electrons. The van der Waals surface area contributed by atoms with Crippen molar-refractivity contribution in [3.05, 3.63) is 57.0 Å². The van der Waals surface area contributed by atoms with E-state index in [4.69, 9.17) is 39.5 Å². The first-order valence-corrected chi connectivity index (χ1v) is 9.25. The Balaban J connectivity index is 1.92. The Labute approximate surface area is 150 Å². The van der Waals surface area contributed by atoms with Gasteiger partial charge >= 0.3 is 0 Å². The van der Waals surface area contributed by atoms with Crippen molar-refractivity contribution in [1.82, 2.24) is 4.72 Å². The van der Waals surface area contributed by atoms with Crippen molar-refractivity contribution < 1.29 is 13.2 Å². The van der Waals surface area contributed by atoms with Gasteiger partial charge < -0.3 is 4.74 Å². The lowest BCUT2D eigenvalue weighted by atomic mass is 10.2. The molecule has 0 heterocycles. The quantitative estimate of drug-likeness (QED) is 0.743.